The van der Waals surface area contributed by atoms with Gasteiger partial charge < -0.3 is 10.6 Å². The predicted molar refractivity (Wildman–Crippen MR) is 72.5 cm³/mol. The van der Waals surface area contributed by atoms with Crippen LogP contribution in [0, 0.1) is 24.6 Å². The highest BCUT2D eigenvalue weighted by Crippen LogP contribution is 2.20. The summed E-state index contributed by atoms with van der Waals surface area (Å²) in [7, 11) is 0. The molecule has 1 saturated heterocycles. The molecule has 1 atom stereocenters. The molecule has 0 aliphatic carbocycles. The number of halogens is 2. The van der Waals surface area contributed by atoms with Crippen molar-refractivity contribution in [2.24, 2.45) is 11.8 Å². The number of carbonyl (C=O) groups is 1. The number of aryl methyl sites for hydroxylation is 1. The van der Waals surface area contributed by atoms with Crippen LogP contribution >= 0.6 is 12.4 Å². The summed E-state index contributed by atoms with van der Waals surface area (Å²) in [5.41, 5.74) is 1.44. The number of hydrogen-bond donors (Lipinski definition) is 2. The number of carbonyl (C=O) groups excluding carboxylic acids is 1. The zero-order valence-electron chi connectivity index (χ0n) is 10.5. The molecule has 0 aromatic heterocycles. The fourth-order valence-electron chi connectivity index (χ4n) is 1.85. The molecule has 3 nitrogen and oxygen atoms in total. The fraction of sp³-hybridized carbons (Fsp3) is 0.462. The third-order valence-corrected chi connectivity index (χ3v) is 3.39. The topological polar surface area (TPSA) is 41.1 Å². The fourth-order valence-corrected chi connectivity index (χ4v) is 1.85. The van der Waals surface area contributed by atoms with Crippen molar-refractivity contribution in [2.45, 2.75) is 13.8 Å². The molecule has 1 amide bonds. The van der Waals surface area contributed by atoms with Crippen LogP contribution in [-0.2, 0) is 4.79 Å². The molecule has 0 bridgehead atoms. The minimum Gasteiger partial charge on any atom is -0.326 e. The van der Waals surface area contributed by atoms with Crippen LogP contribution in [0.15, 0.2) is 18.2 Å². The maximum atomic E-state index is 13.1. The number of hydrogen-bond acceptors (Lipinski definition) is 2. The minimum atomic E-state index is -0.330. The number of rotatable bonds is 3. The van der Waals surface area contributed by atoms with Crippen molar-refractivity contribution in [3.63, 3.8) is 0 Å². The van der Waals surface area contributed by atoms with Crippen LogP contribution < -0.4 is 10.6 Å². The van der Waals surface area contributed by atoms with Crippen molar-refractivity contribution < 1.29 is 9.18 Å². The Hall–Kier alpha value is -1.13. The molecule has 1 aliphatic rings. The van der Waals surface area contributed by atoms with Gasteiger partial charge in [0, 0.05) is 11.6 Å². The SMILES string of the molecule is Cc1ccc(F)cc1NC(=O)C(C)C1CNC1.Cl. The summed E-state index contributed by atoms with van der Waals surface area (Å²) in [4.78, 5) is 11.9. The van der Waals surface area contributed by atoms with Gasteiger partial charge in [-0.05, 0) is 43.6 Å². The molecule has 1 fully saturated rings. The quantitative estimate of drug-likeness (QED) is 0.887. The van der Waals surface area contributed by atoms with E-state index in [0.717, 1.165) is 18.7 Å². The maximum absolute atomic E-state index is 13.1. The first-order valence-corrected chi connectivity index (χ1v) is 5.85. The minimum absolute atomic E-state index is 0. The van der Waals surface area contributed by atoms with Crippen molar-refractivity contribution in [3.8, 4) is 0 Å². The summed E-state index contributed by atoms with van der Waals surface area (Å²) in [5, 5.41) is 5.93. The molecule has 0 spiro atoms. The van der Waals surface area contributed by atoms with Gasteiger partial charge in [0.1, 0.15) is 5.82 Å². The molecule has 1 aromatic carbocycles. The Kier molecular flexibility index (Phi) is 5.11. The second kappa shape index (κ2) is 6.16. The van der Waals surface area contributed by atoms with E-state index in [9.17, 15) is 9.18 Å². The largest absolute Gasteiger partial charge is 0.326 e. The summed E-state index contributed by atoms with van der Waals surface area (Å²) in [6, 6.07) is 4.42. The molecular formula is C13H18ClFN2O. The van der Waals surface area contributed by atoms with E-state index in [1.54, 1.807) is 6.07 Å². The van der Waals surface area contributed by atoms with Crippen molar-refractivity contribution in [3.05, 3.63) is 29.6 Å². The normalized spacial score (nSPS) is 16.4. The van der Waals surface area contributed by atoms with E-state index in [1.807, 2.05) is 13.8 Å². The van der Waals surface area contributed by atoms with Crippen molar-refractivity contribution >= 4 is 24.0 Å². The maximum Gasteiger partial charge on any atom is 0.227 e. The van der Waals surface area contributed by atoms with Crippen molar-refractivity contribution in [1.82, 2.24) is 5.32 Å². The van der Waals surface area contributed by atoms with Crippen LogP contribution in [0.25, 0.3) is 0 Å². The lowest BCUT2D eigenvalue weighted by Crippen LogP contribution is -2.48. The summed E-state index contributed by atoms with van der Waals surface area (Å²) in [5.74, 6) is -0.0168. The van der Waals surface area contributed by atoms with Crippen LogP contribution in [0.1, 0.15) is 12.5 Å². The van der Waals surface area contributed by atoms with E-state index < -0.39 is 0 Å². The first kappa shape index (κ1) is 14.9. The smallest absolute Gasteiger partial charge is 0.227 e. The van der Waals surface area contributed by atoms with Crippen LogP contribution in [0.4, 0.5) is 10.1 Å². The standard InChI is InChI=1S/C13H17FN2O.ClH/c1-8-3-4-11(14)5-12(8)16-13(17)9(2)10-6-15-7-10;/h3-5,9-10,15H,6-7H2,1-2H3,(H,16,17);1H. The Morgan fingerprint density at radius 3 is 2.72 bits per heavy atom. The highest BCUT2D eigenvalue weighted by molar-refractivity contribution is 5.93. The van der Waals surface area contributed by atoms with Gasteiger partial charge in [0.15, 0.2) is 0 Å². The van der Waals surface area contributed by atoms with E-state index in [0.29, 0.717) is 11.6 Å². The Morgan fingerprint density at radius 2 is 2.17 bits per heavy atom. The van der Waals surface area contributed by atoms with Gasteiger partial charge in [0.2, 0.25) is 5.91 Å². The highest BCUT2D eigenvalue weighted by atomic mass is 35.5. The lowest BCUT2D eigenvalue weighted by Gasteiger charge is -2.31. The van der Waals surface area contributed by atoms with Gasteiger partial charge in [-0.3, -0.25) is 4.79 Å². The Bertz CT molecular complexity index is 435. The van der Waals surface area contributed by atoms with Crippen LogP contribution in [0.3, 0.4) is 0 Å². The molecule has 0 radical (unpaired) electrons. The van der Waals surface area contributed by atoms with Crippen molar-refractivity contribution in [1.29, 1.82) is 0 Å². The van der Waals surface area contributed by atoms with E-state index in [4.69, 9.17) is 0 Å². The molecule has 18 heavy (non-hydrogen) atoms. The van der Waals surface area contributed by atoms with Gasteiger partial charge in [-0.1, -0.05) is 13.0 Å². The summed E-state index contributed by atoms with van der Waals surface area (Å²) >= 11 is 0. The molecule has 1 unspecified atom stereocenters. The first-order valence-electron chi connectivity index (χ1n) is 5.85. The second-order valence-electron chi connectivity index (χ2n) is 4.66. The average Bonchev–Trinajstić information content (AvgIpc) is 2.21. The number of anilines is 1. The third kappa shape index (κ3) is 3.21. The highest BCUT2D eigenvalue weighted by Gasteiger charge is 2.28. The van der Waals surface area contributed by atoms with Gasteiger partial charge >= 0.3 is 0 Å². The van der Waals surface area contributed by atoms with Crippen LogP contribution in [0.2, 0.25) is 0 Å². The van der Waals surface area contributed by atoms with E-state index in [-0.39, 0.29) is 30.0 Å². The summed E-state index contributed by atoms with van der Waals surface area (Å²) < 4.78 is 13.1. The molecule has 100 valence electrons. The average molecular weight is 273 g/mol. The monoisotopic (exact) mass is 272 g/mol. The van der Waals surface area contributed by atoms with Gasteiger partial charge in [-0.15, -0.1) is 12.4 Å². The van der Waals surface area contributed by atoms with Gasteiger partial charge in [0.05, 0.1) is 0 Å². The number of nitrogens with one attached hydrogen (secondary N) is 2. The summed E-state index contributed by atoms with van der Waals surface area (Å²) in [6.07, 6.45) is 0. The molecule has 2 rings (SSSR count). The predicted octanol–water partition coefficient (Wildman–Crippen LogP) is 2.35. The second-order valence-corrected chi connectivity index (χ2v) is 4.66. The third-order valence-electron chi connectivity index (χ3n) is 3.39. The zero-order chi connectivity index (χ0) is 12.4. The van der Waals surface area contributed by atoms with Gasteiger partial charge in [-0.2, -0.15) is 0 Å². The van der Waals surface area contributed by atoms with E-state index in [2.05, 4.69) is 10.6 Å². The molecule has 0 saturated carbocycles. The van der Waals surface area contributed by atoms with Crippen LogP contribution in [-0.4, -0.2) is 19.0 Å². The summed E-state index contributed by atoms with van der Waals surface area (Å²) in [6.45, 7) is 5.54. The van der Waals surface area contributed by atoms with E-state index >= 15 is 0 Å². The number of amides is 1. The van der Waals surface area contributed by atoms with Crippen molar-refractivity contribution in [2.75, 3.05) is 18.4 Å². The van der Waals surface area contributed by atoms with Gasteiger partial charge in [0.25, 0.3) is 0 Å². The molecule has 1 aromatic rings. The molecular weight excluding hydrogens is 255 g/mol. The Morgan fingerprint density at radius 1 is 1.50 bits per heavy atom. The molecule has 1 aliphatic heterocycles. The molecule has 2 N–H and O–H groups in total. The lowest BCUT2D eigenvalue weighted by atomic mass is 9.88. The van der Waals surface area contributed by atoms with Gasteiger partial charge in [-0.25, -0.2) is 4.39 Å². The molecule has 1 heterocycles. The zero-order valence-corrected chi connectivity index (χ0v) is 11.3. The van der Waals surface area contributed by atoms with E-state index in [1.165, 1.54) is 12.1 Å². The molecule has 5 heteroatoms. The Balaban J connectivity index is 0.00000162. The van der Waals surface area contributed by atoms with Crippen LogP contribution in [0.5, 0.6) is 0 Å². The Labute approximate surface area is 113 Å². The lowest BCUT2D eigenvalue weighted by molar-refractivity contribution is -0.121. The first-order chi connectivity index (χ1) is 8.08. The number of benzene rings is 1.